The number of carbonyl (C=O) groups excluding carboxylic acids is 2. The van der Waals surface area contributed by atoms with Gasteiger partial charge in [0.05, 0.1) is 22.9 Å². The van der Waals surface area contributed by atoms with Crippen molar-refractivity contribution in [1.82, 2.24) is 0 Å². The molecule has 0 radical (unpaired) electrons. The number of anilines is 2. The van der Waals surface area contributed by atoms with E-state index < -0.39 is 11.8 Å². The Labute approximate surface area is 176 Å². The van der Waals surface area contributed by atoms with E-state index in [-0.39, 0.29) is 5.70 Å². The van der Waals surface area contributed by atoms with Gasteiger partial charge < -0.3 is 5.32 Å². The van der Waals surface area contributed by atoms with Crippen molar-refractivity contribution in [3.8, 4) is 6.07 Å². The summed E-state index contributed by atoms with van der Waals surface area (Å²) in [6.45, 7) is 1.84. The fourth-order valence-electron chi connectivity index (χ4n) is 3.09. The van der Waals surface area contributed by atoms with Gasteiger partial charge in [0.2, 0.25) is 0 Å². The molecule has 3 aromatic rings. The number of nitriles is 1. The fourth-order valence-corrected chi connectivity index (χ4v) is 4.03. The predicted octanol–water partition coefficient (Wildman–Crippen LogP) is 4.98. The number of hydrogen-bond acceptors (Lipinski definition) is 5. The summed E-state index contributed by atoms with van der Waals surface area (Å²) in [7, 11) is 0. The number of imide groups is 1. The molecular formula is C22H14ClN3O2S. The van der Waals surface area contributed by atoms with Crippen LogP contribution in [-0.4, -0.2) is 11.8 Å². The van der Waals surface area contributed by atoms with Crippen LogP contribution in [-0.2, 0) is 9.59 Å². The van der Waals surface area contributed by atoms with Crippen LogP contribution in [0.1, 0.15) is 16.0 Å². The van der Waals surface area contributed by atoms with Crippen molar-refractivity contribution in [2.75, 3.05) is 10.2 Å². The topological polar surface area (TPSA) is 73.2 Å². The summed E-state index contributed by atoms with van der Waals surface area (Å²) >= 11 is 7.59. The number of nitrogens with one attached hydrogen (secondary N) is 1. The minimum atomic E-state index is -0.456. The van der Waals surface area contributed by atoms with Crippen molar-refractivity contribution >= 4 is 51.7 Å². The van der Waals surface area contributed by atoms with Crippen LogP contribution < -0.4 is 10.2 Å². The number of rotatable bonds is 4. The molecule has 0 bridgehead atoms. The molecule has 1 aliphatic rings. The van der Waals surface area contributed by atoms with Gasteiger partial charge in [0.1, 0.15) is 5.70 Å². The maximum Gasteiger partial charge on any atom is 0.282 e. The molecular weight excluding hydrogens is 406 g/mol. The SMILES string of the molecule is Cc1c(Cl)cccc1NC1=C(c2cccs2)C(=O)N(c2ccc(C#N)cc2)C1=O. The number of carbonyl (C=O) groups is 2. The highest BCUT2D eigenvalue weighted by Crippen LogP contribution is 2.36. The van der Waals surface area contributed by atoms with E-state index in [0.717, 1.165) is 10.5 Å². The van der Waals surface area contributed by atoms with Crippen molar-refractivity contribution in [3.63, 3.8) is 0 Å². The molecule has 142 valence electrons. The zero-order valence-corrected chi connectivity index (χ0v) is 16.8. The van der Waals surface area contributed by atoms with Crippen molar-refractivity contribution in [2.24, 2.45) is 0 Å². The number of benzene rings is 2. The van der Waals surface area contributed by atoms with Gasteiger partial charge in [-0.15, -0.1) is 11.3 Å². The van der Waals surface area contributed by atoms with Gasteiger partial charge in [-0.1, -0.05) is 23.7 Å². The molecule has 0 aliphatic carbocycles. The molecule has 0 saturated carbocycles. The van der Waals surface area contributed by atoms with Crippen LogP contribution in [0.3, 0.4) is 0 Å². The van der Waals surface area contributed by atoms with Gasteiger partial charge in [-0.05, 0) is 60.3 Å². The van der Waals surface area contributed by atoms with Crippen molar-refractivity contribution in [3.05, 3.63) is 86.7 Å². The maximum atomic E-state index is 13.3. The van der Waals surface area contributed by atoms with E-state index in [0.29, 0.717) is 32.4 Å². The van der Waals surface area contributed by atoms with Crippen LogP contribution in [0.25, 0.3) is 5.57 Å². The van der Waals surface area contributed by atoms with Gasteiger partial charge in [0.25, 0.3) is 11.8 Å². The minimum Gasteiger partial charge on any atom is -0.350 e. The Kier molecular flexibility index (Phi) is 4.93. The monoisotopic (exact) mass is 419 g/mol. The van der Waals surface area contributed by atoms with Gasteiger partial charge >= 0.3 is 0 Å². The molecule has 1 aromatic heterocycles. The number of amides is 2. The summed E-state index contributed by atoms with van der Waals surface area (Å²) in [5.41, 5.74) is 2.81. The first kappa shape index (κ1) is 18.9. The number of halogens is 1. The first-order chi connectivity index (χ1) is 14.0. The number of hydrogen-bond donors (Lipinski definition) is 1. The summed E-state index contributed by atoms with van der Waals surface area (Å²) in [4.78, 5) is 28.3. The Hall–Kier alpha value is -3.40. The van der Waals surface area contributed by atoms with E-state index in [1.54, 1.807) is 42.5 Å². The summed E-state index contributed by atoms with van der Waals surface area (Å²) in [5.74, 6) is -0.869. The van der Waals surface area contributed by atoms with E-state index in [1.165, 1.54) is 11.3 Å². The lowest BCUT2D eigenvalue weighted by atomic mass is 10.1. The van der Waals surface area contributed by atoms with E-state index >= 15 is 0 Å². The first-order valence-electron chi connectivity index (χ1n) is 8.70. The smallest absolute Gasteiger partial charge is 0.282 e. The van der Waals surface area contributed by atoms with Crippen LogP contribution >= 0.6 is 22.9 Å². The van der Waals surface area contributed by atoms with Gasteiger partial charge in [-0.3, -0.25) is 9.59 Å². The lowest BCUT2D eigenvalue weighted by Gasteiger charge is -2.16. The van der Waals surface area contributed by atoms with Crippen molar-refractivity contribution < 1.29 is 9.59 Å². The lowest BCUT2D eigenvalue weighted by Crippen LogP contribution is -2.32. The Morgan fingerprint density at radius 3 is 2.45 bits per heavy atom. The largest absolute Gasteiger partial charge is 0.350 e. The predicted molar refractivity (Wildman–Crippen MR) is 115 cm³/mol. The normalized spacial score (nSPS) is 13.8. The maximum absolute atomic E-state index is 13.3. The van der Waals surface area contributed by atoms with Crippen molar-refractivity contribution in [1.29, 1.82) is 5.26 Å². The van der Waals surface area contributed by atoms with Crippen LogP contribution in [0.5, 0.6) is 0 Å². The third-order valence-electron chi connectivity index (χ3n) is 4.63. The van der Waals surface area contributed by atoms with Crippen LogP contribution in [0.2, 0.25) is 5.02 Å². The molecule has 2 aromatic carbocycles. The van der Waals surface area contributed by atoms with Crippen LogP contribution in [0, 0.1) is 18.3 Å². The van der Waals surface area contributed by atoms with E-state index in [2.05, 4.69) is 5.32 Å². The molecule has 2 heterocycles. The summed E-state index contributed by atoms with van der Waals surface area (Å²) in [6, 6.07) is 17.4. The highest BCUT2D eigenvalue weighted by molar-refractivity contribution is 7.11. The molecule has 2 amide bonds. The molecule has 29 heavy (non-hydrogen) atoms. The van der Waals surface area contributed by atoms with Crippen LogP contribution in [0.4, 0.5) is 11.4 Å². The number of thiophene rings is 1. The molecule has 4 rings (SSSR count). The van der Waals surface area contributed by atoms with E-state index in [4.69, 9.17) is 16.9 Å². The standard InChI is InChI=1S/C22H14ClN3O2S/c1-13-16(23)4-2-5-17(13)25-20-19(18-6-3-11-29-18)21(27)26(22(20)28)15-9-7-14(12-24)8-10-15/h2-11,25H,1H3. The second-order valence-electron chi connectivity index (χ2n) is 6.37. The Bertz CT molecular complexity index is 1190. The molecule has 0 spiro atoms. The zero-order chi connectivity index (χ0) is 20.5. The third kappa shape index (κ3) is 3.31. The molecule has 1 aliphatic heterocycles. The van der Waals surface area contributed by atoms with Crippen LogP contribution in [0.15, 0.2) is 65.7 Å². The first-order valence-corrected chi connectivity index (χ1v) is 9.96. The molecule has 0 fully saturated rings. The highest BCUT2D eigenvalue weighted by Gasteiger charge is 2.40. The zero-order valence-electron chi connectivity index (χ0n) is 15.3. The van der Waals surface area contributed by atoms with Gasteiger partial charge in [-0.25, -0.2) is 4.90 Å². The average molecular weight is 420 g/mol. The molecule has 0 unspecified atom stereocenters. The fraction of sp³-hybridized carbons (Fsp3) is 0.0455. The van der Waals surface area contributed by atoms with Gasteiger partial charge in [0.15, 0.2) is 0 Å². The molecule has 0 saturated heterocycles. The molecule has 5 nitrogen and oxygen atoms in total. The second kappa shape index (κ2) is 7.55. The average Bonchev–Trinajstić information content (AvgIpc) is 3.32. The number of nitrogens with zero attached hydrogens (tertiary/aromatic N) is 2. The molecule has 7 heteroatoms. The third-order valence-corrected chi connectivity index (χ3v) is 5.93. The van der Waals surface area contributed by atoms with E-state index in [1.807, 2.05) is 30.5 Å². The van der Waals surface area contributed by atoms with Gasteiger partial charge in [0, 0.05) is 15.6 Å². The Morgan fingerprint density at radius 1 is 1.03 bits per heavy atom. The summed E-state index contributed by atoms with van der Waals surface area (Å²) in [6.07, 6.45) is 0. The Balaban J connectivity index is 1.80. The van der Waals surface area contributed by atoms with Gasteiger partial charge in [-0.2, -0.15) is 5.26 Å². The van der Waals surface area contributed by atoms with E-state index in [9.17, 15) is 9.59 Å². The highest BCUT2D eigenvalue weighted by atomic mass is 35.5. The Morgan fingerprint density at radius 2 is 1.79 bits per heavy atom. The summed E-state index contributed by atoms with van der Waals surface area (Å²) < 4.78 is 0. The molecule has 0 atom stereocenters. The summed E-state index contributed by atoms with van der Waals surface area (Å²) in [5, 5.41) is 14.5. The second-order valence-corrected chi connectivity index (χ2v) is 7.72. The molecule has 1 N–H and O–H groups in total. The lowest BCUT2D eigenvalue weighted by molar-refractivity contribution is -0.120. The quantitative estimate of drug-likeness (QED) is 0.605. The minimum absolute atomic E-state index is 0.201. The van der Waals surface area contributed by atoms with Crippen molar-refractivity contribution in [2.45, 2.75) is 6.92 Å².